The Morgan fingerprint density at radius 2 is 2.08 bits per heavy atom. The van der Waals surface area contributed by atoms with Crippen molar-refractivity contribution in [2.24, 2.45) is 5.41 Å². The maximum Gasteiger partial charge on any atom is 0.251 e. The van der Waals surface area contributed by atoms with Gasteiger partial charge in [-0.1, -0.05) is 6.92 Å². The number of carbonyl (C=O) groups excluding carboxylic acids is 2. The van der Waals surface area contributed by atoms with Gasteiger partial charge in [-0.3, -0.25) is 9.59 Å². The molecule has 1 saturated heterocycles. The fraction of sp³-hybridized carbons (Fsp3) is 0.529. The second-order valence-electron chi connectivity index (χ2n) is 6.70. The highest BCUT2D eigenvalue weighted by Gasteiger charge is 2.28. The van der Waals surface area contributed by atoms with Crippen LogP contribution < -0.4 is 16.0 Å². The van der Waals surface area contributed by atoms with E-state index in [4.69, 9.17) is 0 Å². The topological polar surface area (TPSA) is 70.2 Å². The fourth-order valence-electron chi connectivity index (χ4n) is 2.95. The van der Waals surface area contributed by atoms with Gasteiger partial charge >= 0.3 is 0 Å². The highest BCUT2D eigenvalue weighted by molar-refractivity contribution is 8.00. The van der Waals surface area contributed by atoms with E-state index in [1.54, 1.807) is 6.07 Å². The Morgan fingerprint density at radius 3 is 2.79 bits per heavy atom. The molecule has 1 aromatic rings. The molecule has 2 heterocycles. The van der Waals surface area contributed by atoms with Crippen molar-refractivity contribution in [1.29, 1.82) is 0 Å². The molecule has 2 aliphatic rings. The van der Waals surface area contributed by atoms with Gasteiger partial charge < -0.3 is 16.0 Å². The molecule has 0 spiro atoms. The highest BCUT2D eigenvalue weighted by atomic mass is 35.5. The molecular weight excluding hydrogens is 346 g/mol. The van der Waals surface area contributed by atoms with Crippen molar-refractivity contribution in [2.75, 3.05) is 25.0 Å². The smallest absolute Gasteiger partial charge is 0.251 e. The molecule has 5 nitrogen and oxygen atoms in total. The van der Waals surface area contributed by atoms with Gasteiger partial charge in [0, 0.05) is 17.0 Å². The molecule has 0 bridgehead atoms. The number of carbonyl (C=O) groups is 2. The molecular formula is C17H24ClN3O2S. The van der Waals surface area contributed by atoms with Gasteiger partial charge in [0.15, 0.2) is 0 Å². The molecule has 0 aromatic heterocycles. The summed E-state index contributed by atoms with van der Waals surface area (Å²) >= 11 is 1.53. The zero-order chi connectivity index (χ0) is 16.4. The summed E-state index contributed by atoms with van der Waals surface area (Å²) in [6.07, 6.45) is 2.14. The number of hydrogen-bond donors (Lipinski definition) is 3. The van der Waals surface area contributed by atoms with Gasteiger partial charge in [-0.05, 0) is 56.5 Å². The molecule has 3 N–H and O–H groups in total. The zero-order valence-electron chi connectivity index (χ0n) is 14.0. The Bertz CT molecular complexity index is 632. The Kier molecular flexibility index (Phi) is 6.17. The Balaban J connectivity index is 0.00000208. The van der Waals surface area contributed by atoms with Gasteiger partial charge in [-0.25, -0.2) is 0 Å². The molecule has 0 saturated carbocycles. The van der Waals surface area contributed by atoms with Gasteiger partial charge in [0.25, 0.3) is 5.91 Å². The SMILES string of the molecule is CC1Sc2ccc(C(=O)NCC3(C)CCNCC3)cc2NC1=O.Cl. The van der Waals surface area contributed by atoms with Crippen LogP contribution in [0.1, 0.15) is 37.0 Å². The van der Waals surface area contributed by atoms with Gasteiger partial charge in [0.05, 0.1) is 10.9 Å². The van der Waals surface area contributed by atoms with Crippen molar-refractivity contribution < 1.29 is 9.59 Å². The van der Waals surface area contributed by atoms with Crippen LogP contribution in [0.3, 0.4) is 0 Å². The third-order valence-corrected chi connectivity index (χ3v) is 5.84. The summed E-state index contributed by atoms with van der Waals surface area (Å²) in [6.45, 7) is 6.80. The maximum absolute atomic E-state index is 12.4. The van der Waals surface area contributed by atoms with E-state index in [0.29, 0.717) is 12.1 Å². The lowest BCUT2D eigenvalue weighted by Gasteiger charge is -2.34. The third kappa shape index (κ3) is 4.23. The first-order chi connectivity index (χ1) is 11.0. The lowest BCUT2D eigenvalue weighted by molar-refractivity contribution is -0.115. The minimum absolute atomic E-state index is 0. The number of rotatable bonds is 3. The van der Waals surface area contributed by atoms with Crippen molar-refractivity contribution in [3.8, 4) is 0 Å². The molecule has 132 valence electrons. The minimum atomic E-state index is -0.0953. The van der Waals surface area contributed by atoms with Crippen molar-refractivity contribution in [3.63, 3.8) is 0 Å². The summed E-state index contributed by atoms with van der Waals surface area (Å²) in [5.41, 5.74) is 1.49. The molecule has 2 aliphatic heterocycles. The molecule has 1 fully saturated rings. The van der Waals surface area contributed by atoms with Crippen LogP contribution in [-0.2, 0) is 4.79 Å². The molecule has 2 amide bonds. The Hall–Kier alpha value is -1.24. The average molecular weight is 370 g/mol. The first-order valence-corrected chi connectivity index (χ1v) is 8.95. The van der Waals surface area contributed by atoms with Gasteiger partial charge in [-0.15, -0.1) is 24.2 Å². The zero-order valence-corrected chi connectivity index (χ0v) is 15.6. The first-order valence-electron chi connectivity index (χ1n) is 8.07. The van der Waals surface area contributed by atoms with Crippen LogP contribution in [0.5, 0.6) is 0 Å². The fourth-order valence-corrected chi connectivity index (χ4v) is 3.88. The van der Waals surface area contributed by atoms with Crippen molar-refractivity contribution in [3.05, 3.63) is 23.8 Å². The van der Waals surface area contributed by atoms with Crippen LogP contribution >= 0.6 is 24.2 Å². The van der Waals surface area contributed by atoms with Crippen LogP contribution in [0.4, 0.5) is 5.69 Å². The number of anilines is 1. The standard InChI is InChI=1S/C17H23N3O2S.ClH/c1-11-15(21)20-13-9-12(3-4-14(13)23-11)16(22)19-10-17(2)5-7-18-8-6-17;/h3-4,9,11,18H,5-8,10H2,1-2H3,(H,19,22)(H,20,21);1H. The summed E-state index contributed by atoms with van der Waals surface area (Å²) in [4.78, 5) is 25.2. The monoisotopic (exact) mass is 369 g/mol. The molecule has 3 rings (SSSR count). The van der Waals surface area contributed by atoms with E-state index < -0.39 is 0 Å². The van der Waals surface area contributed by atoms with Gasteiger partial charge in [0.2, 0.25) is 5.91 Å². The predicted octanol–water partition coefficient (Wildman–Crippen LogP) is 2.66. The number of hydrogen-bond acceptors (Lipinski definition) is 4. The lowest BCUT2D eigenvalue weighted by atomic mass is 9.81. The van der Waals surface area contributed by atoms with Crippen LogP contribution in [0.2, 0.25) is 0 Å². The summed E-state index contributed by atoms with van der Waals surface area (Å²) in [5.74, 6) is -0.0901. The number of piperidine rings is 1. The van der Waals surface area contributed by atoms with Crippen LogP contribution in [0.15, 0.2) is 23.1 Å². The van der Waals surface area contributed by atoms with Crippen molar-refractivity contribution >= 4 is 41.7 Å². The third-order valence-electron chi connectivity index (χ3n) is 4.66. The Labute approximate surface area is 153 Å². The number of fused-ring (bicyclic) bond motifs is 1. The van der Waals surface area contributed by atoms with E-state index in [1.165, 1.54) is 11.8 Å². The minimum Gasteiger partial charge on any atom is -0.351 e. The van der Waals surface area contributed by atoms with E-state index in [0.717, 1.165) is 36.5 Å². The van der Waals surface area contributed by atoms with Crippen molar-refractivity contribution in [2.45, 2.75) is 36.8 Å². The number of halogens is 1. The van der Waals surface area contributed by atoms with Crippen LogP contribution in [-0.4, -0.2) is 36.7 Å². The Morgan fingerprint density at radius 1 is 1.38 bits per heavy atom. The number of benzene rings is 1. The normalized spacial score (nSPS) is 21.9. The largest absolute Gasteiger partial charge is 0.351 e. The van der Waals surface area contributed by atoms with Crippen LogP contribution in [0.25, 0.3) is 0 Å². The van der Waals surface area contributed by atoms with E-state index in [2.05, 4.69) is 22.9 Å². The van der Waals surface area contributed by atoms with Gasteiger partial charge in [0.1, 0.15) is 0 Å². The predicted molar refractivity (Wildman–Crippen MR) is 100 cm³/mol. The maximum atomic E-state index is 12.4. The number of amides is 2. The summed E-state index contributed by atoms with van der Waals surface area (Å²) in [6, 6.07) is 5.51. The second kappa shape index (κ2) is 7.76. The lowest BCUT2D eigenvalue weighted by Crippen LogP contribution is -2.42. The molecule has 1 atom stereocenters. The molecule has 1 unspecified atom stereocenters. The number of thioether (sulfide) groups is 1. The van der Waals surface area contributed by atoms with Crippen molar-refractivity contribution in [1.82, 2.24) is 10.6 Å². The van der Waals surface area contributed by atoms with E-state index in [-0.39, 0.29) is 34.9 Å². The second-order valence-corrected chi connectivity index (χ2v) is 8.09. The van der Waals surface area contributed by atoms with Gasteiger partial charge in [-0.2, -0.15) is 0 Å². The van der Waals surface area contributed by atoms with E-state index in [9.17, 15) is 9.59 Å². The summed E-state index contributed by atoms with van der Waals surface area (Å²) in [7, 11) is 0. The first kappa shape index (κ1) is 19.1. The quantitative estimate of drug-likeness (QED) is 0.766. The molecule has 7 heteroatoms. The van der Waals surface area contributed by atoms with Crippen LogP contribution in [0, 0.1) is 5.41 Å². The number of nitrogens with one attached hydrogen (secondary N) is 3. The summed E-state index contributed by atoms with van der Waals surface area (Å²) < 4.78 is 0. The van der Waals surface area contributed by atoms with E-state index in [1.807, 2.05) is 19.1 Å². The molecule has 1 aromatic carbocycles. The van der Waals surface area contributed by atoms with E-state index >= 15 is 0 Å². The average Bonchev–Trinajstić information content (AvgIpc) is 2.54. The molecule has 0 radical (unpaired) electrons. The molecule has 24 heavy (non-hydrogen) atoms. The highest BCUT2D eigenvalue weighted by Crippen LogP contribution is 2.36. The summed E-state index contributed by atoms with van der Waals surface area (Å²) in [5, 5.41) is 9.17. The molecule has 0 aliphatic carbocycles.